The lowest BCUT2D eigenvalue weighted by Gasteiger charge is -2.02. The van der Waals surface area contributed by atoms with Gasteiger partial charge in [0.25, 0.3) is 0 Å². The van der Waals surface area contributed by atoms with Gasteiger partial charge in [-0.05, 0) is 29.5 Å². The van der Waals surface area contributed by atoms with Gasteiger partial charge in [0.05, 0.1) is 7.11 Å². The summed E-state index contributed by atoms with van der Waals surface area (Å²) < 4.78 is 9.10. The monoisotopic (exact) mass is 268 g/mol. The fraction of sp³-hybridized carbons (Fsp3) is 0.571. The molecule has 0 aliphatic carbocycles. The average Bonchev–Trinajstić information content (AvgIpc) is 2.01. The molecule has 0 fully saturated rings. The molecule has 0 aromatic rings. The van der Waals surface area contributed by atoms with Gasteiger partial charge in [-0.1, -0.05) is 5.92 Å². The summed E-state index contributed by atoms with van der Waals surface area (Å²) in [6.45, 7) is 1.67. The van der Waals surface area contributed by atoms with Crippen LogP contribution in [-0.4, -0.2) is 23.8 Å². The predicted octanol–water partition coefficient (Wildman–Crippen LogP) is 0.960. The van der Waals surface area contributed by atoms with Gasteiger partial charge in [-0.15, -0.1) is 5.92 Å². The summed E-state index contributed by atoms with van der Waals surface area (Å²) in [5.41, 5.74) is 0. The third kappa shape index (κ3) is 6.13. The summed E-state index contributed by atoms with van der Waals surface area (Å²) in [4.78, 5) is 10.5. The van der Waals surface area contributed by atoms with E-state index in [2.05, 4.69) is 16.6 Å². The van der Waals surface area contributed by atoms with Gasteiger partial charge in [0.15, 0.2) is 4.11 Å². The molecule has 1 atom stereocenters. The van der Waals surface area contributed by atoms with Crippen molar-refractivity contribution < 1.29 is 14.3 Å². The van der Waals surface area contributed by atoms with E-state index in [1.807, 2.05) is 22.6 Å². The van der Waals surface area contributed by atoms with Crippen molar-refractivity contribution in [3.8, 4) is 11.8 Å². The van der Waals surface area contributed by atoms with Crippen LogP contribution in [0.25, 0.3) is 0 Å². The highest BCUT2D eigenvalue weighted by molar-refractivity contribution is 14.1. The Morgan fingerprint density at radius 3 is 2.82 bits per heavy atom. The molecule has 4 heteroatoms. The highest BCUT2D eigenvalue weighted by atomic mass is 127. The molecule has 0 aliphatic heterocycles. The summed E-state index contributed by atoms with van der Waals surface area (Å²) in [6.07, 6.45) is 0. The molecule has 0 spiro atoms. The van der Waals surface area contributed by atoms with Crippen molar-refractivity contribution in [1.82, 2.24) is 0 Å². The maximum atomic E-state index is 10.5. The van der Waals surface area contributed by atoms with Crippen molar-refractivity contribution >= 4 is 28.6 Å². The van der Waals surface area contributed by atoms with E-state index in [-0.39, 0.29) is 16.7 Å². The molecule has 3 nitrogen and oxygen atoms in total. The van der Waals surface area contributed by atoms with Crippen molar-refractivity contribution in [3.05, 3.63) is 0 Å². The van der Waals surface area contributed by atoms with Crippen molar-refractivity contribution in [2.24, 2.45) is 0 Å². The first-order valence-electron chi connectivity index (χ1n) is 2.95. The van der Waals surface area contributed by atoms with Gasteiger partial charge in [-0.25, -0.2) is 4.79 Å². The second kappa shape index (κ2) is 6.43. The maximum Gasteiger partial charge on any atom is 0.331 e. The number of halogens is 1. The van der Waals surface area contributed by atoms with Crippen LogP contribution >= 0.6 is 22.6 Å². The zero-order valence-electron chi connectivity index (χ0n) is 6.39. The Morgan fingerprint density at radius 1 is 1.73 bits per heavy atom. The molecular formula is C7H9IO3. The van der Waals surface area contributed by atoms with Crippen LogP contribution in [0.1, 0.15) is 6.92 Å². The third-order valence-corrected chi connectivity index (χ3v) is 1.50. The molecule has 0 bridgehead atoms. The first kappa shape index (κ1) is 10.7. The second-order valence-electron chi connectivity index (χ2n) is 1.60. The quantitative estimate of drug-likeness (QED) is 0.331. The molecule has 0 radical (unpaired) electrons. The van der Waals surface area contributed by atoms with E-state index in [0.29, 0.717) is 0 Å². The van der Waals surface area contributed by atoms with Crippen LogP contribution < -0.4 is 0 Å². The van der Waals surface area contributed by atoms with Crippen molar-refractivity contribution in [2.45, 2.75) is 11.0 Å². The van der Waals surface area contributed by atoms with Crippen LogP contribution in [0.2, 0.25) is 0 Å². The van der Waals surface area contributed by atoms with Crippen LogP contribution in [-0.2, 0) is 14.3 Å². The van der Waals surface area contributed by atoms with Crippen LogP contribution in [0.3, 0.4) is 0 Å². The Balaban J connectivity index is 3.50. The summed E-state index contributed by atoms with van der Waals surface area (Å²) in [6, 6.07) is 0. The number of carbonyl (C=O) groups is 1. The molecule has 0 saturated carbocycles. The largest absolute Gasteiger partial charge is 0.467 e. The number of ether oxygens (including phenoxy) is 2. The Kier molecular flexibility index (Phi) is 6.27. The minimum Gasteiger partial charge on any atom is -0.467 e. The smallest absolute Gasteiger partial charge is 0.331 e. The minimum absolute atomic E-state index is 0.0429. The topological polar surface area (TPSA) is 35.5 Å². The van der Waals surface area contributed by atoms with E-state index in [4.69, 9.17) is 4.74 Å². The van der Waals surface area contributed by atoms with Gasteiger partial charge in [0.2, 0.25) is 0 Å². The van der Waals surface area contributed by atoms with Gasteiger partial charge < -0.3 is 9.47 Å². The number of alkyl halides is 1. The molecule has 0 N–H and O–H groups in total. The molecule has 11 heavy (non-hydrogen) atoms. The first-order valence-corrected chi connectivity index (χ1v) is 4.20. The van der Waals surface area contributed by atoms with E-state index in [0.717, 1.165) is 0 Å². The van der Waals surface area contributed by atoms with E-state index in [1.165, 1.54) is 7.11 Å². The SMILES string of the molecule is CC#CC(I)OCC(=O)OC. The number of hydrogen-bond acceptors (Lipinski definition) is 3. The molecule has 62 valence electrons. The Bertz CT molecular complexity index is 180. The Morgan fingerprint density at radius 2 is 2.36 bits per heavy atom. The molecule has 0 aromatic carbocycles. The standard InChI is InChI=1S/C7H9IO3/c1-3-4-6(8)11-5-7(9)10-2/h6H,5H2,1-2H3. The predicted molar refractivity (Wildman–Crippen MR) is 49.2 cm³/mol. The molecule has 0 saturated heterocycles. The van der Waals surface area contributed by atoms with Gasteiger partial charge in [0, 0.05) is 0 Å². The van der Waals surface area contributed by atoms with Gasteiger partial charge in [-0.2, -0.15) is 0 Å². The van der Waals surface area contributed by atoms with Crippen LogP contribution in [0.5, 0.6) is 0 Å². The Labute approximate surface area is 79.6 Å². The number of hydrogen-bond donors (Lipinski definition) is 0. The molecule has 0 amide bonds. The van der Waals surface area contributed by atoms with E-state index in [9.17, 15) is 4.79 Å². The lowest BCUT2D eigenvalue weighted by molar-refractivity contribution is -0.145. The van der Waals surface area contributed by atoms with E-state index in [1.54, 1.807) is 6.92 Å². The fourth-order valence-electron chi connectivity index (χ4n) is 0.355. The second-order valence-corrected chi connectivity index (χ2v) is 2.73. The zero-order valence-corrected chi connectivity index (χ0v) is 8.54. The third-order valence-electron chi connectivity index (χ3n) is 0.833. The van der Waals surface area contributed by atoms with Gasteiger partial charge in [0.1, 0.15) is 6.61 Å². The molecule has 0 rings (SSSR count). The van der Waals surface area contributed by atoms with Crippen LogP contribution in [0, 0.1) is 11.8 Å². The molecule has 0 aliphatic rings. The summed E-state index contributed by atoms with van der Waals surface area (Å²) in [5, 5.41) is 0. The molecular weight excluding hydrogens is 259 g/mol. The maximum absolute atomic E-state index is 10.5. The number of esters is 1. The lowest BCUT2D eigenvalue weighted by Crippen LogP contribution is -2.13. The van der Waals surface area contributed by atoms with Crippen molar-refractivity contribution in [1.29, 1.82) is 0 Å². The van der Waals surface area contributed by atoms with Crippen molar-refractivity contribution in [3.63, 3.8) is 0 Å². The Hall–Kier alpha value is -0.280. The number of rotatable bonds is 3. The zero-order chi connectivity index (χ0) is 8.69. The average molecular weight is 268 g/mol. The molecule has 1 unspecified atom stereocenters. The highest BCUT2D eigenvalue weighted by Gasteiger charge is 2.03. The van der Waals surface area contributed by atoms with E-state index < -0.39 is 0 Å². The number of methoxy groups -OCH3 is 1. The van der Waals surface area contributed by atoms with Crippen molar-refractivity contribution in [2.75, 3.05) is 13.7 Å². The molecule has 0 heterocycles. The van der Waals surface area contributed by atoms with E-state index >= 15 is 0 Å². The summed E-state index contributed by atoms with van der Waals surface area (Å²) in [5.74, 6) is 5.02. The number of carbonyl (C=O) groups excluding carboxylic acids is 1. The van der Waals surface area contributed by atoms with Crippen LogP contribution in [0.4, 0.5) is 0 Å². The first-order chi connectivity index (χ1) is 5.20. The van der Waals surface area contributed by atoms with Gasteiger partial charge in [-0.3, -0.25) is 0 Å². The normalized spacial score (nSPS) is 11.2. The molecule has 0 aromatic heterocycles. The van der Waals surface area contributed by atoms with Gasteiger partial charge >= 0.3 is 5.97 Å². The summed E-state index contributed by atoms with van der Waals surface area (Å²) >= 11 is 1.99. The van der Waals surface area contributed by atoms with Crippen LogP contribution in [0.15, 0.2) is 0 Å². The lowest BCUT2D eigenvalue weighted by atomic mass is 10.6. The minimum atomic E-state index is -0.385. The highest BCUT2D eigenvalue weighted by Crippen LogP contribution is 1.99. The fourth-order valence-corrected chi connectivity index (χ4v) is 0.846. The summed E-state index contributed by atoms with van der Waals surface area (Å²) in [7, 11) is 1.32.